The van der Waals surface area contributed by atoms with Crippen molar-refractivity contribution in [2.45, 2.75) is 19.3 Å². The average molecular weight is 326 g/mol. The molecule has 0 saturated carbocycles. The second kappa shape index (κ2) is 6.07. The molecule has 2 heterocycles. The van der Waals surface area contributed by atoms with E-state index >= 15 is 0 Å². The van der Waals surface area contributed by atoms with Gasteiger partial charge in [-0.25, -0.2) is 0 Å². The van der Waals surface area contributed by atoms with E-state index in [2.05, 4.69) is 15.6 Å². The summed E-state index contributed by atoms with van der Waals surface area (Å²) in [7, 11) is 0. The molecule has 2 aromatic rings. The second-order valence-electron chi connectivity index (χ2n) is 5.35. The van der Waals surface area contributed by atoms with Crippen molar-refractivity contribution in [3.63, 3.8) is 0 Å². The zero-order valence-electron chi connectivity index (χ0n) is 12.8. The molecule has 2 N–H and O–H groups in total. The highest BCUT2D eigenvalue weighted by Crippen LogP contribution is 2.40. The van der Waals surface area contributed by atoms with E-state index < -0.39 is 16.7 Å². The molecule has 0 bridgehead atoms. The lowest BCUT2D eigenvalue weighted by Crippen LogP contribution is -2.13. The van der Waals surface area contributed by atoms with Crippen LogP contribution in [0.25, 0.3) is 0 Å². The standard InChI is InChI=1S/C16H14N4O4/c1-2-10-11-7-14(20(23)24)13(8-12(11)18-16(10)22)19-15(21)9-3-5-17-6-4-9/h3-8,10H,2H2,1H3,(H,18,22)(H,19,21). The van der Waals surface area contributed by atoms with Crippen LogP contribution in [0.3, 0.4) is 0 Å². The quantitative estimate of drug-likeness (QED) is 0.662. The molecule has 1 atom stereocenters. The Balaban J connectivity index is 1.99. The van der Waals surface area contributed by atoms with Crippen LogP contribution < -0.4 is 10.6 Å². The molecule has 3 rings (SSSR count). The highest BCUT2D eigenvalue weighted by atomic mass is 16.6. The number of hydrogen-bond acceptors (Lipinski definition) is 5. The Bertz CT molecular complexity index is 835. The molecule has 0 fully saturated rings. The third-order valence-electron chi connectivity index (χ3n) is 3.91. The van der Waals surface area contributed by atoms with Gasteiger partial charge in [-0.15, -0.1) is 0 Å². The molecule has 24 heavy (non-hydrogen) atoms. The summed E-state index contributed by atoms with van der Waals surface area (Å²) in [5, 5.41) is 16.6. The number of nitrogens with zero attached hydrogens (tertiary/aromatic N) is 2. The van der Waals surface area contributed by atoms with E-state index in [-0.39, 0.29) is 17.3 Å². The summed E-state index contributed by atoms with van der Waals surface area (Å²) in [5.74, 6) is -1.10. The molecule has 0 saturated heterocycles. The summed E-state index contributed by atoms with van der Waals surface area (Å²) in [6.07, 6.45) is 3.45. The summed E-state index contributed by atoms with van der Waals surface area (Å²) in [4.78, 5) is 38.8. The average Bonchev–Trinajstić information content (AvgIpc) is 2.88. The van der Waals surface area contributed by atoms with Crippen molar-refractivity contribution in [3.8, 4) is 0 Å². The molecule has 1 aliphatic heterocycles. The van der Waals surface area contributed by atoms with Crippen LogP contribution in [0.1, 0.15) is 35.2 Å². The van der Waals surface area contributed by atoms with Crippen molar-refractivity contribution in [2.24, 2.45) is 0 Å². The first kappa shape index (κ1) is 15.6. The van der Waals surface area contributed by atoms with Crippen molar-refractivity contribution >= 4 is 28.9 Å². The third-order valence-corrected chi connectivity index (χ3v) is 3.91. The van der Waals surface area contributed by atoms with Crippen LogP contribution in [0, 0.1) is 10.1 Å². The number of pyridine rings is 1. The van der Waals surface area contributed by atoms with Crippen LogP contribution in [0.5, 0.6) is 0 Å². The van der Waals surface area contributed by atoms with Crippen molar-refractivity contribution in [2.75, 3.05) is 10.6 Å². The lowest BCUT2D eigenvalue weighted by atomic mass is 9.97. The topological polar surface area (TPSA) is 114 Å². The summed E-state index contributed by atoms with van der Waals surface area (Å²) in [6, 6.07) is 5.79. The number of benzene rings is 1. The zero-order chi connectivity index (χ0) is 17.3. The van der Waals surface area contributed by atoms with Gasteiger partial charge in [0.2, 0.25) is 5.91 Å². The molecule has 122 valence electrons. The fraction of sp³-hybridized carbons (Fsp3) is 0.188. The maximum absolute atomic E-state index is 12.2. The van der Waals surface area contributed by atoms with E-state index in [9.17, 15) is 19.7 Å². The number of aromatic nitrogens is 1. The third kappa shape index (κ3) is 2.69. The molecule has 1 aliphatic rings. The van der Waals surface area contributed by atoms with Gasteiger partial charge in [0.25, 0.3) is 11.6 Å². The normalized spacial score (nSPS) is 15.5. The number of carbonyl (C=O) groups excluding carboxylic acids is 2. The molecule has 1 unspecified atom stereocenters. The van der Waals surface area contributed by atoms with Crippen LogP contribution in [0.4, 0.5) is 17.1 Å². The molecule has 8 nitrogen and oxygen atoms in total. The zero-order valence-corrected chi connectivity index (χ0v) is 12.8. The van der Waals surface area contributed by atoms with Gasteiger partial charge in [0.05, 0.1) is 10.8 Å². The number of hydrogen-bond donors (Lipinski definition) is 2. The minimum atomic E-state index is -0.571. The molecule has 0 aliphatic carbocycles. The largest absolute Gasteiger partial charge is 0.325 e. The van der Waals surface area contributed by atoms with E-state index in [1.165, 1.54) is 36.7 Å². The number of carbonyl (C=O) groups is 2. The van der Waals surface area contributed by atoms with Crippen molar-refractivity contribution in [1.82, 2.24) is 4.98 Å². The van der Waals surface area contributed by atoms with Gasteiger partial charge in [0.1, 0.15) is 5.69 Å². The summed E-state index contributed by atoms with van der Waals surface area (Å²) >= 11 is 0. The molecule has 0 spiro atoms. The Morgan fingerprint density at radius 2 is 2.08 bits per heavy atom. The van der Waals surface area contributed by atoms with Crippen molar-refractivity contribution in [3.05, 3.63) is 57.9 Å². The van der Waals surface area contributed by atoms with Crippen molar-refractivity contribution in [1.29, 1.82) is 0 Å². The van der Waals surface area contributed by atoms with Gasteiger partial charge in [-0.3, -0.25) is 24.7 Å². The predicted molar refractivity (Wildman–Crippen MR) is 86.9 cm³/mol. The SMILES string of the molecule is CCC1C(=O)Nc2cc(NC(=O)c3ccncc3)c([N+](=O)[O-])cc21. The molecule has 8 heteroatoms. The smallest absolute Gasteiger partial charge is 0.293 e. The first-order valence-corrected chi connectivity index (χ1v) is 7.35. The number of amides is 2. The first-order chi connectivity index (χ1) is 11.5. The lowest BCUT2D eigenvalue weighted by Gasteiger charge is -2.09. The molecule has 1 aromatic heterocycles. The second-order valence-corrected chi connectivity index (χ2v) is 5.35. The predicted octanol–water partition coefficient (Wildman–Crippen LogP) is 2.69. The Kier molecular flexibility index (Phi) is 3.95. The minimum Gasteiger partial charge on any atom is -0.325 e. The maximum atomic E-state index is 12.2. The van der Waals surface area contributed by atoms with Gasteiger partial charge in [-0.2, -0.15) is 0 Å². The minimum absolute atomic E-state index is 0.0395. The lowest BCUT2D eigenvalue weighted by molar-refractivity contribution is -0.384. The number of nitro benzene ring substituents is 1. The van der Waals surface area contributed by atoms with E-state index in [0.29, 0.717) is 23.2 Å². The Morgan fingerprint density at radius 1 is 1.38 bits per heavy atom. The van der Waals surface area contributed by atoms with Gasteiger partial charge in [0, 0.05) is 29.7 Å². The molecule has 0 radical (unpaired) electrons. The van der Waals surface area contributed by atoms with Gasteiger partial charge in [0.15, 0.2) is 0 Å². The number of fused-ring (bicyclic) bond motifs is 1. The monoisotopic (exact) mass is 326 g/mol. The molecule has 2 amide bonds. The first-order valence-electron chi connectivity index (χ1n) is 7.35. The van der Waals surface area contributed by atoms with Crippen LogP contribution in [0.15, 0.2) is 36.7 Å². The maximum Gasteiger partial charge on any atom is 0.293 e. The molecule has 1 aromatic carbocycles. The number of nitro groups is 1. The van der Waals surface area contributed by atoms with Crippen LogP contribution in [-0.4, -0.2) is 21.7 Å². The Morgan fingerprint density at radius 3 is 2.71 bits per heavy atom. The molecular weight excluding hydrogens is 312 g/mol. The Labute approximate surface area is 137 Å². The summed E-state index contributed by atoms with van der Waals surface area (Å²) in [5.41, 5.74) is 1.19. The van der Waals surface area contributed by atoms with Gasteiger partial charge >= 0.3 is 0 Å². The van der Waals surface area contributed by atoms with E-state index in [1.54, 1.807) is 0 Å². The van der Waals surface area contributed by atoms with E-state index in [1.807, 2.05) is 6.92 Å². The van der Waals surface area contributed by atoms with Crippen molar-refractivity contribution < 1.29 is 14.5 Å². The number of nitrogens with one attached hydrogen (secondary N) is 2. The molecular formula is C16H14N4O4. The van der Waals surface area contributed by atoms with E-state index in [0.717, 1.165) is 0 Å². The van der Waals surface area contributed by atoms with Crippen LogP contribution in [0.2, 0.25) is 0 Å². The number of anilines is 2. The fourth-order valence-corrected chi connectivity index (χ4v) is 2.72. The summed E-state index contributed by atoms with van der Waals surface area (Å²) < 4.78 is 0. The van der Waals surface area contributed by atoms with Gasteiger partial charge < -0.3 is 10.6 Å². The number of rotatable bonds is 4. The fourth-order valence-electron chi connectivity index (χ4n) is 2.72. The van der Waals surface area contributed by atoms with Crippen LogP contribution >= 0.6 is 0 Å². The van der Waals surface area contributed by atoms with Crippen LogP contribution in [-0.2, 0) is 4.79 Å². The van der Waals surface area contributed by atoms with Gasteiger partial charge in [-0.05, 0) is 30.2 Å². The van der Waals surface area contributed by atoms with Gasteiger partial charge in [-0.1, -0.05) is 6.92 Å². The highest BCUT2D eigenvalue weighted by molar-refractivity contribution is 6.08. The van der Waals surface area contributed by atoms with E-state index in [4.69, 9.17) is 0 Å². The Hall–Kier alpha value is -3.29. The highest BCUT2D eigenvalue weighted by Gasteiger charge is 2.32. The summed E-state index contributed by atoms with van der Waals surface area (Å²) in [6.45, 7) is 1.84.